The van der Waals surface area contributed by atoms with E-state index in [4.69, 9.17) is 10.5 Å². The van der Waals surface area contributed by atoms with Crippen LogP contribution in [-0.4, -0.2) is 42.6 Å². The van der Waals surface area contributed by atoms with Crippen molar-refractivity contribution in [2.24, 2.45) is 5.73 Å². The summed E-state index contributed by atoms with van der Waals surface area (Å²) in [6.45, 7) is 4.34. The largest absolute Gasteiger partial charge is 0.378 e. The molecule has 4 nitrogen and oxygen atoms in total. The SMILES string of the molecule is CCCC(N)C(=O)N1CCC(OCCc2ccccc2)CC1.Cl. The van der Waals surface area contributed by atoms with E-state index in [0.717, 1.165) is 51.8 Å². The van der Waals surface area contributed by atoms with E-state index in [9.17, 15) is 4.79 Å². The Labute approximate surface area is 145 Å². The minimum Gasteiger partial charge on any atom is -0.378 e. The van der Waals surface area contributed by atoms with Crippen molar-refractivity contribution in [1.29, 1.82) is 0 Å². The average Bonchev–Trinajstić information content (AvgIpc) is 2.56. The van der Waals surface area contributed by atoms with E-state index >= 15 is 0 Å². The molecule has 1 aromatic rings. The molecular formula is C18H29ClN2O2. The van der Waals surface area contributed by atoms with Crippen LogP contribution in [0.1, 0.15) is 38.2 Å². The van der Waals surface area contributed by atoms with Crippen molar-refractivity contribution in [3.63, 3.8) is 0 Å². The summed E-state index contributed by atoms with van der Waals surface area (Å²) in [6.07, 6.45) is 4.77. The molecule has 1 atom stereocenters. The predicted octanol–water partition coefficient (Wildman–Crippen LogP) is 2.79. The highest BCUT2D eigenvalue weighted by atomic mass is 35.5. The second-order valence-corrected chi connectivity index (χ2v) is 6.03. The van der Waals surface area contributed by atoms with Gasteiger partial charge in [-0.2, -0.15) is 0 Å². The molecule has 23 heavy (non-hydrogen) atoms. The molecule has 0 saturated carbocycles. The number of amides is 1. The minimum absolute atomic E-state index is 0. The van der Waals surface area contributed by atoms with E-state index in [2.05, 4.69) is 31.2 Å². The molecule has 0 spiro atoms. The Morgan fingerprint density at radius 2 is 1.96 bits per heavy atom. The zero-order valence-corrected chi connectivity index (χ0v) is 14.8. The van der Waals surface area contributed by atoms with Gasteiger partial charge in [0.2, 0.25) is 5.91 Å². The lowest BCUT2D eigenvalue weighted by molar-refractivity contribution is -0.135. The van der Waals surface area contributed by atoms with Crippen LogP contribution in [0.15, 0.2) is 30.3 Å². The van der Waals surface area contributed by atoms with Crippen molar-refractivity contribution in [3.8, 4) is 0 Å². The smallest absolute Gasteiger partial charge is 0.239 e. The van der Waals surface area contributed by atoms with Gasteiger partial charge in [0.05, 0.1) is 18.8 Å². The van der Waals surface area contributed by atoms with Crippen molar-refractivity contribution in [3.05, 3.63) is 35.9 Å². The number of nitrogens with two attached hydrogens (primary N) is 1. The summed E-state index contributed by atoms with van der Waals surface area (Å²) in [4.78, 5) is 14.1. The van der Waals surface area contributed by atoms with Gasteiger partial charge in [-0.1, -0.05) is 43.7 Å². The van der Waals surface area contributed by atoms with Crippen LogP contribution >= 0.6 is 12.4 Å². The fourth-order valence-corrected chi connectivity index (χ4v) is 2.90. The summed E-state index contributed by atoms with van der Waals surface area (Å²) < 4.78 is 5.95. The maximum absolute atomic E-state index is 12.2. The van der Waals surface area contributed by atoms with Crippen LogP contribution in [-0.2, 0) is 16.0 Å². The first kappa shape index (κ1) is 19.9. The molecule has 2 N–H and O–H groups in total. The Morgan fingerprint density at radius 3 is 2.57 bits per heavy atom. The van der Waals surface area contributed by atoms with Crippen molar-refractivity contribution in [2.45, 2.75) is 51.2 Å². The van der Waals surface area contributed by atoms with E-state index in [-0.39, 0.29) is 30.5 Å². The molecular weight excluding hydrogens is 312 g/mol. The van der Waals surface area contributed by atoms with Crippen LogP contribution in [0.2, 0.25) is 0 Å². The first-order valence-electron chi connectivity index (χ1n) is 8.40. The van der Waals surface area contributed by atoms with Crippen LogP contribution in [0.3, 0.4) is 0 Å². The fourth-order valence-electron chi connectivity index (χ4n) is 2.90. The number of rotatable bonds is 7. The molecule has 1 aliphatic rings. The van der Waals surface area contributed by atoms with E-state index < -0.39 is 0 Å². The lowest BCUT2D eigenvalue weighted by atomic mass is 10.1. The maximum Gasteiger partial charge on any atom is 0.239 e. The Morgan fingerprint density at radius 1 is 1.30 bits per heavy atom. The normalized spacial score (nSPS) is 16.7. The highest BCUT2D eigenvalue weighted by Gasteiger charge is 2.26. The average molecular weight is 341 g/mol. The van der Waals surface area contributed by atoms with Crippen molar-refractivity contribution >= 4 is 18.3 Å². The molecule has 5 heteroatoms. The number of carbonyl (C=O) groups excluding carboxylic acids is 1. The highest BCUT2D eigenvalue weighted by Crippen LogP contribution is 2.15. The Balaban J connectivity index is 0.00000264. The second-order valence-electron chi connectivity index (χ2n) is 6.03. The quantitative estimate of drug-likeness (QED) is 0.830. The summed E-state index contributed by atoms with van der Waals surface area (Å²) in [5.74, 6) is 0.101. The van der Waals surface area contributed by atoms with Crippen molar-refractivity contribution in [1.82, 2.24) is 4.90 Å². The standard InChI is InChI=1S/C18H28N2O2.ClH/c1-2-6-17(19)18(21)20-12-9-16(10-13-20)22-14-11-15-7-4-3-5-8-15;/h3-5,7-8,16-17H,2,6,9-14,19H2,1H3;1H. The Bertz CT molecular complexity index is 448. The van der Waals surface area contributed by atoms with Gasteiger partial charge < -0.3 is 15.4 Å². The van der Waals surface area contributed by atoms with Gasteiger partial charge in [-0.05, 0) is 31.2 Å². The molecule has 130 valence electrons. The summed E-state index contributed by atoms with van der Waals surface area (Å²) in [7, 11) is 0. The summed E-state index contributed by atoms with van der Waals surface area (Å²) in [6, 6.07) is 10.1. The fraction of sp³-hybridized carbons (Fsp3) is 0.611. The molecule has 0 aliphatic carbocycles. The summed E-state index contributed by atoms with van der Waals surface area (Å²) in [5, 5.41) is 0. The van der Waals surface area contributed by atoms with Gasteiger partial charge in [0.1, 0.15) is 0 Å². The van der Waals surface area contributed by atoms with Crippen LogP contribution in [0, 0.1) is 0 Å². The Hall–Kier alpha value is -1.10. The van der Waals surface area contributed by atoms with Crippen molar-refractivity contribution in [2.75, 3.05) is 19.7 Å². The first-order chi connectivity index (χ1) is 10.7. The number of hydrogen-bond acceptors (Lipinski definition) is 3. The number of hydrogen-bond donors (Lipinski definition) is 1. The number of piperidine rings is 1. The zero-order chi connectivity index (χ0) is 15.8. The third-order valence-corrected chi connectivity index (χ3v) is 4.26. The van der Waals surface area contributed by atoms with E-state index in [1.165, 1.54) is 5.56 Å². The molecule has 0 radical (unpaired) electrons. The number of benzene rings is 1. The molecule has 1 aromatic carbocycles. The van der Waals surface area contributed by atoms with E-state index in [0.29, 0.717) is 0 Å². The minimum atomic E-state index is -0.333. The van der Waals surface area contributed by atoms with Crippen LogP contribution in [0.4, 0.5) is 0 Å². The monoisotopic (exact) mass is 340 g/mol. The van der Waals surface area contributed by atoms with E-state index in [1.54, 1.807) is 0 Å². The molecule has 1 fully saturated rings. The number of carbonyl (C=O) groups is 1. The highest BCUT2D eigenvalue weighted by molar-refractivity contribution is 5.85. The Kier molecular flexibility index (Phi) is 9.22. The van der Waals surface area contributed by atoms with Gasteiger partial charge >= 0.3 is 0 Å². The van der Waals surface area contributed by atoms with Crippen LogP contribution in [0.25, 0.3) is 0 Å². The third-order valence-electron chi connectivity index (χ3n) is 4.26. The van der Waals surface area contributed by atoms with Gasteiger partial charge in [-0.15, -0.1) is 12.4 Å². The lowest BCUT2D eigenvalue weighted by Crippen LogP contribution is -2.48. The van der Waals surface area contributed by atoms with Gasteiger partial charge in [-0.25, -0.2) is 0 Å². The molecule has 1 amide bonds. The number of halogens is 1. The topological polar surface area (TPSA) is 55.6 Å². The molecule has 0 aromatic heterocycles. The molecule has 1 saturated heterocycles. The lowest BCUT2D eigenvalue weighted by Gasteiger charge is -2.33. The molecule has 1 heterocycles. The predicted molar refractivity (Wildman–Crippen MR) is 95.8 cm³/mol. The zero-order valence-electron chi connectivity index (χ0n) is 13.9. The summed E-state index contributed by atoms with van der Waals surface area (Å²) >= 11 is 0. The van der Waals surface area contributed by atoms with Gasteiger partial charge in [-0.3, -0.25) is 4.79 Å². The number of ether oxygens (including phenoxy) is 1. The summed E-state index contributed by atoms with van der Waals surface area (Å²) in [5.41, 5.74) is 7.22. The van der Waals surface area contributed by atoms with Crippen LogP contribution < -0.4 is 5.73 Å². The molecule has 1 unspecified atom stereocenters. The van der Waals surface area contributed by atoms with Crippen LogP contribution in [0.5, 0.6) is 0 Å². The number of nitrogens with zero attached hydrogens (tertiary/aromatic N) is 1. The second kappa shape index (κ2) is 10.6. The first-order valence-corrected chi connectivity index (χ1v) is 8.40. The van der Waals surface area contributed by atoms with Gasteiger partial charge in [0, 0.05) is 13.1 Å². The van der Waals surface area contributed by atoms with Crippen molar-refractivity contribution < 1.29 is 9.53 Å². The molecule has 1 aliphatic heterocycles. The maximum atomic E-state index is 12.2. The molecule has 2 rings (SSSR count). The molecule has 0 bridgehead atoms. The third kappa shape index (κ3) is 6.50. The number of likely N-dealkylation sites (tertiary alicyclic amines) is 1. The van der Waals surface area contributed by atoms with Gasteiger partial charge in [0.25, 0.3) is 0 Å². The van der Waals surface area contributed by atoms with E-state index in [1.807, 2.05) is 11.0 Å². The van der Waals surface area contributed by atoms with Gasteiger partial charge in [0.15, 0.2) is 0 Å².